The molecule has 0 heterocycles. The molecule has 1 aromatic rings. The van der Waals surface area contributed by atoms with Crippen LogP contribution in [0.25, 0.3) is 0 Å². The van der Waals surface area contributed by atoms with Crippen molar-refractivity contribution >= 4 is 5.69 Å². The molecular formula is C14H21NO. The molecule has 16 heavy (non-hydrogen) atoms. The number of hydrogen-bond acceptors (Lipinski definition) is 2. The normalized spacial score (nSPS) is 12.2. The van der Waals surface area contributed by atoms with Crippen molar-refractivity contribution in [1.29, 1.82) is 0 Å². The first kappa shape index (κ1) is 12.8. The number of rotatable bonds is 6. The van der Waals surface area contributed by atoms with Crippen molar-refractivity contribution in [2.24, 2.45) is 0 Å². The standard InChI is InChI=1S/C14H21NO/c1-4-11-15(6-3)13-10-8-7-9-12(13)14(16)5-2/h4,7-10,14,16H,1,5-6,11H2,2-3H3/t14-/m0/s1. The van der Waals surface area contributed by atoms with Gasteiger partial charge in [0.15, 0.2) is 0 Å². The zero-order valence-corrected chi connectivity index (χ0v) is 10.2. The maximum Gasteiger partial charge on any atom is 0.0807 e. The van der Waals surface area contributed by atoms with Gasteiger partial charge in [0.2, 0.25) is 0 Å². The molecule has 1 atom stereocenters. The van der Waals surface area contributed by atoms with E-state index in [4.69, 9.17) is 0 Å². The molecule has 0 aliphatic heterocycles. The number of nitrogens with zero attached hydrogens (tertiary/aromatic N) is 1. The number of anilines is 1. The fraction of sp³-hybridized carbons (Fsp3) is 0.429. The summed E-state index contributed by atoms with van der Waals surface area (Å²) in [5.74, 6) is 0. The third-order valence-corrected chi connectivity index (χ3v) is 2.75. The first-order valence-electron chi connectivity index (χ1n) is 5.87. The summed E-state index contributed by atoms with van der Waals surface area (Å²) < 4.78 is 0. The van der Waals surface area contributed by atoms with Crippen molar-refractivity contribution in [3.05, 3.63) is 42.5 Å². The lowest BCUT2D eigenvalue weighted by Crippen LogP contribution is -2.24. The van der Waals surface area contributed by atoms with Gasteiger partial charge in [0.1, 0.15) is 0 Å². The highest BCUT2D eigenvalue weighted by atomic mass is 16.3. The monoisotopic (exact) mass is 219 g/mol. The first-order chi connectivity index (χ1) is 7.74. The fourth-order valence-electron chi connectivity index (χ4n) is 1.83. The van der Waals surface area contributed by atoms with Crippen LogP contribution in [0.3, 0.4) is 0 Å². The first-order valence-corrected chi connectivity index (χ1v) is 5.87. The van der Waals surface area contributed by atoms with Gasteiger partial charge in [-0.15, -0.1) is 6.58 Å². The second-order valence-electron chi connectivity index (χ2n) is 3.81. The van der Waals surface area contributed by atoms with Gasteiger partial charge in [-0.05, 0) is 19.4 Å². The van der Waals surface area contributed by atoms with Crippen LogP contribution in [0.15, 0.2) is 36.9 Å². The fourth-order valence-corrected chi connectivity index (χ4v) is 1.83. The molecule has 0 aromatic heterocycles. The molecule has 0 aliphatic rings. The van der Waals surface area contributed by atoms with Gasteiger partial charge in [-0.25, -0.2) is 0 Å². The summed E-state index contributed by atoms with van der Waals surface area (Å²) in [4.78, 5) is 2.21. The largest absolute Gasteiger partial charge is 0.388 e. The predicted molar refractivity (Wildman–Crippen MR) is 69.8 cm³/mol. The Morgan fingerprint density at radius 1 is 1.38 bits per heavy atom. The van der Waals surface area contributed by atoms with Gasteiger partial charge in [0.25, 0.3) is 0 Å². The van der Waals surface area contributed by atoms with E-state index in [-0.39, 0.29) is 6.10 Å². The maximum absolute atomic E-state index is 9.97. The van der Waals surface area contributed by atoms with Gasteiger partial charge in [-0.1, -0.05) is 31.2 Å². The molecule has 1 rings (SSSR count). The predicted octanol–water partition coefficient (Wildman–Crippen LogP) is 3.14. The zero-order chi connectivity index (χ0) is 12.0. The Kier molecular flexibility index (Phi) is 5.06. The molecule has 2 heteroatoms. The van der Waals surface area contributed by atoms with Gasteiger partial charge < -0.3 is 10.0 Å². The van der Waals surface area contributed by atoms with Crippen LogP contribution < -0.4 is 4.90 Å². The molecule has 2 nitrogen and oxygen atoms in total. The van der Waals surface area contributed by atoms with E-state index in [1.54, 1.807) is 0 Å². The third kappa shape index (κ3) is 2.86. The minimum atomic E-state index is -0.380. The molecule has 0 radical (unpaired) electrons. The van der Waals surface area contributed by atoms with Crippen molar-refractivity contribution in [3.8, 4) is 0 Å². The Morgan fingerprint density at radius 3 is 2.62 bits per heavy atom. The van der Waals surface area contributed by atoms with Crippen LogP contribution in [0.1, 0.15) is 31.9 Å². The average Bonchev–Trinajstić information content (AvgIpc) is 2.35. The van der Waals surface area contributed by atoms with Crippen LogP contribution in [0, 0.1) is 0 Å². The molecule has 0 saturated carbocycles. The molecule has 1 aromatic carbocycles. The molecule has 1 N–H and O–H groups in total. The molecule has 0 unspecified atom stereocenters. The van der Waals surface area contributed by atoms with Gasteiger partial charge in [-0.3, -0.25) is 0 Å². The summed E-state index contributed by atoms with van der Waals surface area (Å²) in [6.07, 6.45) is 2.25. The van der Waals surface area contributed by atoms with Gasteiger partial charge in [-0.2, -0.15) is 0 Å². The minimum absolute atomic E-state index is 0.380. The lowest BCUT2D eigenvalue weighted by atomic mass is 10.0. The molecule has 0 bridgehead atoms. The van der Waals surface area contributed by atoms with Crippen LogP contribution in [-0.4, -0.2) is 18.2 Å². The molecular weight excluding hydrogens is 198 g/mol. The second kappa shape index (κ2) is 6.33. The van der Waals surface area contributed by atoms with Gasteiger partial charge >= 0.3 is 0 Å². The zero-order valence-electron chi connectivity index (χ0n) is 10.2. The van der Waals surface area contributed by atoms with E-state index < -0.39 is 0 Å². The van der Waals surface area contributed by atoms with Crippen molar-refractivity contribution in [2.45, 2.75) is 26.4 Å². The Hall–Kier alpha value is -1.28. The van der Waals surface area contributed by atoms with Crippen LogP contribution in [-0.2, 0) is 0 Å². The van der Waals surface area contributed by atoms with Crippen molar-refractivity contribution in [3.63, 3.8) is 0 Å². The Bertz CT molecular complexity index is 335. The van der Waals surface area contributed by atoms with E-state index in [2.05, 4.69) is 24.5 Å². The molecule has 0 fully saturated rings. The second-order valence-corrected chi connectivity index (χ2v) is 3.81. The Labute approximate surface area is 98.2 Å². The van der Waals surface area contributed by atoms with Crippen LogP contribution in [0.4, 0.5) is 5.69 Å². The summed E-state index contributed by atoms with van der Waals surface area (Å²) in [6.45, 7) is 9.59. The van der Waals surface area contributed by atoms with Gasteiger partial charge in [0, 0.05) is 24.3 Å². The van der Waals surface area contributed by atoms with Crippen LogP contribution in [0.2, 0.25) is 0 Å². The van der Waals surface area contributed by atoms with E-state index in [9.17, 15) is 5.11 Å². The highest BCUT2D eigenvalue weighted by Crippen LogP contribution is 2.27. The summed E-state index contributed by atoms with van der Waals surface area (Å²) in [5.41, 5.74) is 2.12. The molecule has 0 saturated heterocycles. The highest BCUT2D eigenvalue weighted by molar-refractivity contribution is 5.55. The minimum Gasteiger partial charge on any atom is -0.388 e. The summed E-state index contributed by atoms with van der Waals surface area (Å²) in [5, 5.41) is 9.97. The lowest BCUT2D eigenvalue weighted by molar-refractivity contribution is 0.174. The lowest BCUT2D eigenvalue weighted by Gasteiger charge is -2.25. The SMILES string of the molecule is C=CCN(CC)c1ccccc1[C@@H](O)CC. The number of hydrogen-bond donors (Lipinski definition) is 1. The molecule has 88 valence electrons. The average molecular weight is 219 g/mol. The van der Waals surface area contributed by atoms with E-state index in [0.29, 0.717) is 0 Å². The van der Waals surface area contributed by atoms with E-state index >= 15 is 0 Å². The number of aliphatic hydroxyl groups excluding tert-OH is 1. The molecule has 0 aliphatic carbocycles. The third-order valence-electron chi connectivity index (χ3n) is 2.75. The van der Waals surface area contributed by atoms with E-state index in [1.165, 1.54) is 0 Å². The number of aliphatic hydroxyl groups is 1. The highest BCUT2D eigenvalue weighted by Gasteiger charge is 2.13. The Morgan fingerprint density at radius 2 is 2.06 bits per heavy atom. The smallest absolute Gasteiger partial charge is 0.0807 e. The van der Waals surface area contributed by atoms with Gasteiger partial charge in [0.05, 0.1) is 6.10 Å². The topological polar surface area (TPSA) is 23.5 Å². The number of benzene rings is 1. The molecule has 0 amide bonds. The number of likely N-dealkylation sites (N-methyl/N-ethyl adjacent to an activating group) is 1. The summed E-state index contributed by atoms with van der Waals surface area (Å²) >= 11 is 0. The quantitative estimate of drug-likeness (QED) is 0.743. The van der Waals surface area contributed by atoms with Crippen LogP contribution >= 0.6 is 0 Å². The van der Waals surface area contributed by atoms with E-state index in [1.807, 2.05) is 31.2 Å². The number of para-hydroxylation sites is 1. The summed E-state index contributed by atoms with van der Waals surface area (Å²) in [7, 11) is 0. The summed E-state index contributed by atoms with van der Waals surface area (Å²) in [6, 6.07) is 8.03. The maximum atomic E-state index is 9.97. The van der Waals surface area contributed by atoms with Crippen molar-refractivity contribution in [2.75, 3.05) is 18.0 Å². The molecule has 0 spiro atoms. The van der Waals surface area contributed by atoms with Crippen molar-refractivity contribution in [1.82, 2.24) is 0 Å². The van der Waals surface area contributed by atoms with Crippen LogP contribution in [0.5, 0.6) is 0 Å². The Balaban J connectivity index is 3.05. The van der Waals surface area contributed by atoms with Crippen molar-refractivity contribution < 1.29 is 5.11 Å². The van der Waals surface area contributed by atoms with E-state index in [0.717, 1.165) is 30.8 Å².